The van der Waals surface area contributed by atoms with Crippen LogP contribution in [-0.4, -0.2) is 56.7 Å². The zero-order valence-electron chi connectivity index (χ0n) is 21.8. The van der Waals surface area contributed by atoms with Crippen LogP contribution in [0.15, 0.2) is 0 Å². The highest BCUT2D eigenvalue weighted by atomic mass is 16.5. The molecule has 4 fully saturated rings. The number of quaternary nitrogens is 1. The number of nitrogens with one attached hydrogen (secondary N) is 1. The number of ether oxygens (including phenoxy) is 1. The summed E-state index contributed by atoms with van der Waals surface area (Å²) in [5, 5.41) is 3.27. The molecule has 33 heavy (non-hydrogen) atoms. The van der Waals surface area contributed by atoms with Gasteiger partial charge in [0.05, 0.1) is 27.2 Å². The Morgan fingerprint density at radius 1 is 0.848 bits per heavy atom. The van der Waals surface area contributed by atoms with Crippen molar-refractivity contribution in [2.45, 2.75) is 103 Å². The average molecular weight is 464 g/mol. The van der Waals surface area contributed by atoms with E-state index in [1.54, 1.807) is 0 Å². The van der Waals surface area contributed by atoms with Gasteiger partial charge in [0.25, 0.3) is 0 Å². The van der Waals surface area contributed by atoms with Crippen molar-refractivity contribution >= 4 is 11.9 Å². The predicted octanol–water partition coefficient (Wildman–Crippen LogP) is 5.47. The number of amides is 1. The number of esters is 1. The molecule has 4 aliphatic rings. The highest BCUT2D eigenvalue weighted by Gasteiger charge is 2.54. The van der Waals surface area contributed by atoms with Gasteiger partial charge in [-0.3, -0.25) is 4.79 Å². The highest BCUT2D eigenvalue weighted by Crippen LogP contribution is 2.60. The summed E-state index contributed by atoms with van der Waals surface area (Å²) < 4.78 is 6.10. The molecule has 0 aromatic rings. The molecule has 0 radical (unpaired) electrons. The van der Waals surface area contributed by atoms with Crippen LogP contribution in [0.1, 0.15) is 103 Å². The predicted molar refractivity (Wildman–Crippen MR) is 134 cm³/mol. The van der Waals surface area contributed by atoms with Crippen LogP contribution in [0.5, 0.6) is 0 Å². The van der Waals surface area contributed by atoms with E-state index in [2.05, 4.69) is 26.3 Å². The first-order valence-corrected chi connectivity index (χ1v) is 14.1. The molecule has 4 bridgehead atoms. The van der Waals surface area contributed by atoms with Crippen molar-refractivity contribution in [3.63, 3.8) is 0 Å². The lowest BCUT2D eigenvalue weighted by molar-refractivity contribution is -0.883. The molecule has 1 amide bonds. The Labute approximate surface area is 203 Å². The summed E-state index contributed by atoms with van der Waals surface area (Å²) in [6.07, 6.45) is 18.4. The minimum absolute atomic E-state index is 0.0571. The summed E-state index contributed by atoms with van der Waals surface area (Å²) in [4.78, 5) is 25.3. The molecule has 0 heterocycles. The van der Waals surface area contributed by atoms with Crippen LogP contribution in [0.4, 0.5) is 0 Å². The third-order valence-corrected chi connectivity index (χ3v) is 8.56. The average Bonchev–Trinajstić information content (AvgIpc) is 2.74. The van der Waals surface area contributed by atoms with Crippen LogP contribution in [0.25, 0.3) is 0 Å². The molecule has 0 saturated heterocycles. The van der Waals surface area contributed by atoms with Crippen LogP contribution >= 0.6 is 0 Å². The zero-order valence-corrected chi connectivity index (χ0v) is 21.8. The van der Waals surface area contributed by atoms with Crippen LogP contribution in [0.2, 0.25) is 0 Å². The molecule has 0 spiro atoms. The molecule has 4 rings (SSSR count). The molecule has 1 N–H and O–H groups in total. The van der Waals surface area contributed by atoms with E-state index in [0.29, 0.717) is 23.5 Å². The normalized spacial score (nSPS) is 28.2. The molecular weight excluding hydrogens is 412 g/mol. The first kappa shape index (κ1) is 26.5. The summed E-state index contributed by atoms with van der Waals surface area (Å²) in [7, 11) is 4.16. The van der Waals surface area contributed by atoms with E-state index in [-0.39, 0.29) is 11.4 Å². The molecule has 5 heteroatoms. The summed E-state index contributed by atoms with van der Waals surface area (Å²) >= 11 is 0. The van der Waals surface area contributed by atoms with Gasteiger partial charge in [-0.05, 0) is 62.7 Å². The smallest absolute Gasteiger partial charge is 0.361 e. The molecule has 0 atom stereocenters. The SMILES string of the molecule is CCCCCCCCCCOC(=O)C[N+](C)(C)CCCNC(=O)C12CC3CC(CC(C3)C1)C2. The number of carbonyl (C=O) groups excluding carboxylic acids is 2. The standard InChI is InChI=1S/C28H50N2O3/c1-4-5-6-7-8-9-10-11-15-33-26(31)22-30(2,3)14-12-13-29-27(32)28-19-23-16-24(20-28)18-25(17-23)21-28/h23-25H,4-22H2,1-3H3/p+1. The van der Waals surface area contributed by atoms with Crippen molar-refractivity contribution in [1.29, 1.82) is 0 Å². The van der Waals surface area contributed by atoms with Crippen LogP contribution in [-0.2, 0) is 14.3 Å². The van der Waals surface area contributed by atoms with Gasteiger partial charge in [-0.15, -0.1) is 0 Å². The molecule has 0 aromatic carbocycles. The molecule has 5 nitrogen and oxygen atoms in total. The molecule has 4 saturated carbocycles. The second-order valence-electron chi connectivity index (χ2n) is 12.3. The molecule has 0 aliphatic heterocycles. The number of nitrogens with zero attached hydrogens (tertiary/aromatic N) is 1. The Balaban J connectivity index is 1.23. The van der Waals surface area contributed by atoms with Gasteiger partial charge in [-0.1, -0.05) is 51.9 Å². The number of rotatable bonds is 16. The summed E-state index contributed by atoms with van der Waals surface area (Å²) in [5.41, 5.74) is -0.0571. The third kappa shape index (κ3) is 8.26. The Kier molecular flexibility index (Phi) is 10.1. The number of unbranched alkanes of at least 4 members (excludes halogenated alkanes) is 7. The fraction of sp³-hybridized carbons (Fsp3) is 0.929. The number of likely N-dealkylation sites (N-methyl/N-ethyl adjacent to an activating group) is 1. The Morgan fingerprint density at radius 3 is 1.97 bits per heavy atom. The van der Waals surface area contributed by atoms with Crippen LogP contribution in [0, 0.1) is 23.2 Å². The van der Waals surface area contributed by atoms with Crippen molar-refractivity contribution in [3.05, 3.63) is 0 Å². The Bertz CT molecular complexity index is 595. The largest absolute Gasteiger partial charge is 0.462 e. The Hall–Kier alpha value is -1.10. The van der Waals surface area contributed by atoms with E-state index in [9.17, 15) is 9.59 Å². The van der Waals surface area contributed by atoms with Crippen LogP contribution < -0.4 is 5.32 Å². The molecular formula is C28H51N2O3+. The van der Waals surface area contributed by atoms with E-state index in [0.717, 1.165) is 69.4 Å². The van der Waals surface area contributed by atoms with Crippen molar-refractivity contribution < 1.29 is 18.8 Å². The van der Waals surface area contributed by atoms with Gasteiger partial charge in [0.15, 0.2) is 6.54 Å². The second kappa shape index (κ2) is 12.6. The number of hydrogen-bond donors (Lipinski definition) is 1. The van der Waals surface area contributed by atoms with Gasteiger partial charge in [0.1, 0.15) is 0 Å². The zero-order chi connectivity index (χ0) is 23.7. The van der Waals surface area contributed by atoms with E-state index in [1.165, 1.54) is 57.8 Å². The first-order valence-electron chi connectivity index (χ1n) is 14.1. The molecule has 0 unspecified atom stereocenters. The monoisotopic (exact) mass is 463 g/mol. The fourth-order valence-corrected chi connectivity index (χ4v) is 7.18. The van der Waals surface area contributed by atoms with E-state index in [4.69, 9.17) is 4.74 Å². The fourth-order valence-electron chi connectivity index (χ4n) is 7.18. The quantitative estimate of drug-likeness (QED) is 0.188. The van der Waals surface area contributed by atoms with Gasteiger partial charge >= 0.3 is 5.97 Å². The summed E-state index contributed by atoms with van der Waals surface area (Å²) in [6, 6.07) is 0. The van der Waals surface area contributed by atoms with Crippen molar-refractivity contribution in [2.24, 2.45) is 23.2 Å². The van der Waals surface area contributed by atoms with Crippen molar-refractivity contribution in [3.8, 4) is 0 Å². The van der Waals surface area contributed by atoms with E-state index in [1.807, 2.05) is 0 Å². The highest BCUT2D eigenvalue weighted by molar-refractivity contribution is 5.83. The van der Waals surface area contributed by atoms with E-state index >= 15 is 0 Å². The van der Waals surface area contributed by atoms with Crippen molar-refractivity contribution in [1.82, 2.24) is 5.32 Å². The van der Waals surface area contributed by atoms with Crippen LogP contribution in [0.3, 0.4) is 0 Å². The van der Waals surface area contributed by atoms with Crippen molar-refractivity contribution in [2.75, 3.05) is 40.3 Å². The maximum absolute atomic E-state index is 13.1. The summed E-state index contributed by atoms with van der Waals surface area (Å²) in [5.74, 6) is 2.62. The maximum Gasteiger partial charge on any atom is 0.361 e. The lowest BCUT2D eigenvalue weighted by Gasteiger charge is -2.55. The Morgan fingerprint density at radius 2 is 1.39 bits per heavy atom. The number of hydrogen-bond acceptors (Lipinski definition) is 3. The summed E-state index contributed by atoms with van der Waals surface area (Å²) in [6.45, 7) is 4.79. The van der Waals surface area contributed by atoms with Gasteiger partial charge < -0.3 is 14.5 Å². The lowest BCUT2D eigenvalue weighted by Crippen LogP contribution is -2.54. The van der Waals surface area contributed by atoms with Gasteiger partial charge in [0.2, 0.25) is 5.91 Å². The number of carbonyl (C=O) groups is 2. The minimum atomic E-state index is -0.0967. The second-order valence-corrected chi connectivity index (χ2v) is 12.3. The first-order chi connectivity index (χ1) is 15.8. The minimum Gasteiger partial charge on any atom is -0.462 e. The van der Waals surface area contributed by atoms with E-state index < -0.39 is 0 Å². The maximum atomic E-state index is 13.1. The molecule has 0 aromatic heterocycles. The molecule has 4 aliphatic carbocycles. The lowest BCUT2D eigenvalue weighted by atomic mass is 9.49. The topological polar surface area (TPSA) is 55.4 Å². The van der Waals surface area contributed by atoms with Gasteiger partial charge in [0, 0.05) is 18.4 Å². The third-order valence-electron chi connectivity index (χ3n) is 8.56. The van der Waals surface area contributed by atoms with Gasteiger partial charge in [-0.2, -0.15) is 0 Å². The molecule has 190 valence electrons. The van der Waals surface area contributed by atoms with Gasteiger partial charge in [-0.25, -0.2) is 4.79 Å².